The number of hydrogen-bond acceptors (Lipinski definition) is 0. The van der Waals surface area contributed by atoms with Gasteiger partial charge in [-0.1, -0.05) is 107 Å². The Morgan fingerprint density at radius 3 is 2.38 bits per heavy atom. The van der Waals surface area contributed by atoms with E-state index in [1.54, 1.807) is 0 Å². The Kier molecular flexibility index (Phi) is 6.35. The van der Waals surface area contributed by atoms with E-state index in [-0.39, 0.29) is 5.41 Å². The molecule has 0 spiro atoms. The summed E-state index contributed by atoms with van der Waals surface area (Å²) in [5, 5.41) is 0. The van der Waals surface area contributed by atoms with E-state index in [1.807, 2.05) is 0 Å². The van der Waals surface area contributed by atoms with Gasteiger partial charge in [-0.25, -0.2) is 0 Å². The maximum Gasteiger partial charge on any atom is 0.00787 e. The van der Waals surface area contributed by atoms with Gasteiger partial charge in [0.25, 0.3) is 0 Å². The van der Waals surface area contributed by atoms with E-state index in [2.05, 4.69) is 81.5 Å². The molecule has 0 unspecified atom stereocenters. The summed E-state index contributed by atoms with van der Waals surface area (Å²) >= 11 is 0. The molecule has 0 nitrogen and oxygen atoms in total. The van der Waals surface area contributed by atoms with Gasteiger partial charge in [-0.2, -0.15) is 0 Å². The van der Waals surface area contributed by atoms with Crippen molar-refractivity contribution in [3.63, 3.8) is 0 Å². The topological polar surface area (TPSA) is 0 Å². The van der Waals surface area contributed by atoms with Crippen molar-refractivity contribution in [2.45, 2.75) is 77.0 Å². The second kappa shape index (κ2) is 8.71. The van der Waals surface area contributed by atoms with E-state index in [4.69, 9.17) is 0 Å². The number of aryl methyl sites for hydroxylation is 1. The van der Waals surface area contributed by atoms with Gasteiger partial charge in [0, 0.05) is 5.41 Å². The highest BCUT2D eigenvalue weighted by Gasteiger charge is 2.17. The monoisotopic (exact) mass is 346 g/mol. The minimum absolute atomic E-state index is 0.0474. The van der Waals surface area contributed by atoms with Crippen LogP contribution in [0.25, 0.3) is 6.08 Å². The molecule has 0 heterocycles. The van der Waals surface area contributed by atoms with Gasteiger partial charge in [-0.15, -0.1) is 0 Å². The van der Waals surface area contributed by atoms with Gasteiger partial charge >= 0.3 is 0 Å². The Morgan fingerprint density at radius 1 is 0.962 bits per heavy atom. The van der Waals surface area contributed by atoms with Crippen LogP contribution in [-0.2, 0) is 11.8 Å². The van der Waals surface area contributed by atoms with Crippen LogP contribution >= 0.6 is 0 Å². The van der Waals surface area contributed by atoms with Crippen molar-refractivity contribution in [2.24, 2.45) is 0 Å². The smallest absolute Gasteiger partial charge is 0.00787 e. The van der Waals surface area contributed by atoms with E-state index < -0.39 is 0 Å². The number of hydrogen-bond donors (Lipinski definition) is 0. The Labute approximate surface area is 160 Å². The average Bonchev–Trinajstić information content (AvgIpc) is 2.68. The third-order valence-electron chi connectivity index (χ3n) is 5.92. The van der Waals surface area contributed by atoms with Crippen LogP contribution in [0.15, 0.2) is 54.6 Å². The molecule has 0 N–H and O–H groups in total. The standard InChI is InChI=1S/C26H34/c1-4-9-22-10-8-13-25(20-22)26(2,3)19-18-21-14-16-24(17-15-21)23-11-6-5-7-12-23/h8,10,13-20,23H,4-7,9,11-12H2,1-3H3/b19-18+. The molecular weight excluding hydrogens is 312 g/mol. The van der Waals surface area contributed by atoms with Crippen molar-refractivity contribution < 1.29 is 0 Å². The summed E-state index contributed by atoms with van der Waals surface area (Å²) in [4.78, 5) is 0. The zero-order valence-electron chi connectivity index (χ0n) is 16.8. The highest BCUT2D eigenvalue weighted by atomic mass is 14.2. The zero-order valence-corrected chi connectivity index (χ0v) is 16.8. The van der Waals surface area contributed by atoms with Gasteiger partial charge in [0.1, 0.15) is 0 Å². The molecule has 0 atom stereocenters. The Bertz CT molecular complexity index is 712. The molecule has 2 aromatic carbocycles. The van der Waals surface area contributed by atoms with Gasteiger partial charge in [-0.05, 0) is 47.4 Å². The van der Waals surface area contributed by atoms with Crippen molar-refractivity contribution in [1.82, 2.24) is 0 Å². The predicted octanol–water partition coefficient (Wildman–Crippen LogP) is 7.68. The molecule has 0 aromatic heterocycles. The molecule has 1 fully saturated rings. The minimum Gasteiger partial charge on any atom is -0.0739 e. The maximum atomic E-state index is 2.38. The summed E-state index contributed by atoms with van der Waals surface area (Å²) in [5.74, 6) is 0.791. The summed E-state index contributed by atoms with van der Waals surface area (Å²) in [6.07, 6.45) is 14.0. The number of benzene rings is 2. The van der Waals surface area contributed by atoms with Gasteiger partial charge in [-0.3, -0.25) is 0 Å². The molecule has 0 radical (unpaired) electrons. The maximum absolute atomic E-state index is 2.38. The van der Waals surface area contributed by atoms with Gasteiger partial charge in [0.05, 0.1) is 0 Å². The predicted molar refractivity (Wildman–Crippen MR) is 115 cm³/mol. The molecule has 0 heteroatoms. The molecule has 0 saturated heterocycles. The van der Waals surface area contributed by atoms with Crippen molar-refractivity contribution in [3.8, 4) is 0 Å². The van der Waals surface area contributed by atoms with E-state index in [9.17, 15) is 0 Å². The number of rotatable bonds is 6. The highest BCUT2D eigenvalue weighted by Crippen LogP contribution is 2.33. The van der Waals surface area contributed by atoms with E-state index >= 15 is 0 Å². The van der Waals surface area contributed by atoms with E-state index in [0.29, 0.717) is 0 Å². The van der Waals surface area contributed by atoms with Crippen LogP contribution in [0.3, 0.4) is 0 Å². The first-order chi connectivity index (χ1) is 12.6. The van der Waals surface area contributed by atoms with E-state index in [0.717, 1.165) is 12.3 Å². The lowest BCUT2D eigenvalue weighted by Crippen LogP contribution is -2.13. The normalized spacial score (nSPS) is 16.3. The first-order valence-electron chi connectivity index (χ1n) is 10.5. The first kappa shape index (κ1) is 19.0. The highest BCUT2D eigenvalue weighted by molar-refractivity contribution is 5.53. The molecule has 3 rings (SSSR count). The molecule has 0 aliphatic heterocycles. The van der Waals surface area contributed by atoms with Gasteiger partial charge in [0.15, 0.2) is 0 Å². The fourth-order valence-corrected chi connectivity index (χ4v) is 4.13. The van der Waals surface area contributed by atoms with Crippen LogP contribution in [0.5, 0.6) is 0 Å². The third-order valence-corrected chi connectivity index (χ3v) is 5.92. The van der Waals surface area contributed by atoms with Crippen LogP contribution in [0, 0.1) is 0 Å². The van der Waals surface area contributed by atoms with Crippen molar-refractivity contribution >= 4 is 6.08 Å². The SMILES string of the molecule is CCCc1cccc(C(C)(C)/C=C/c2ccc(C3CCCCC3)cc2)c1. The lowest BCUT2D eigenvalue weighted by Gasteiger charge is -2.22. The fraction of sp³-hybridized carbons (Fsp3) is 0.462. The van der Waals surface area contributed by atoms with E-state index in [1.165, 1.54) is 60.8 Å². The van der Waals surface area contributed by atoms with Crippen molar-refractivity contribution in [3.05, 3.63) is 76.9 Å². The Morgan fingerprint density at radius 2 is 1.69 bits per heavy atom. The lowest BCUT2D eigenvalue weighted by molar-refractivity contribution is 0.443. The zero-order chi connectivity index (χ0) is 18.4. The molecule has 138 valence electrons. The molecular formula is C26H34. The number of allylic oxidation sites excluding steroid dienone is 1. The quantitative estimate of drug-likeness (QED) is 0.503. The molecule has 0 bridgehead atoms. The molecule has 1 aliphatic carbocycles. The summed E-state index contributed by atoms with van der Waals surface area (Å²) in [5.41, 5.74) is 5.74. The molecule has 0 amide bonds. The second-order valence-electron chi connectivity index (χ2n) is 8.51. The summed E-state index contributed by atoms with van der Waals surface area (Å²) in [6.45, 7) is 6.87. The van der Waals surface area contributed by atoms with Crippen LogP contribution in [0.2, 0.25) is 0 Å². The molecule has 1 saturated carbocycles. The Balaban J connectivity index is 1.70. The van der Waals surface area contributed by atoms with Gasteiger partial charge < -0.3 is 0 Å². The van der Waals surface area contributed by atoms with Crippen LogP contribution in [0.1, 0.15) is 87.5 Å². The fourth-order valence-electron chi connectivity index (χ4n) is 4.13. The van der Waals surface area contributed by atoms with Crippen LogP contribution < -0.4 is 0 Å². The Hall–Kier alpha value is -1.82. The summed E-state index contributed by atoms with van der Waals surface area (Å²) in [6, 6.07) is 18.4. The van der Waals surface area contributed by atoms with Crippen LogP contribution in [-0.4, -0.2) is 0 Å². The second-order valence-corrected chi connectivity index (χ2v) is 8.51. The van der Waals surface area contributed by atoms with Crippen molar-refractivity contribution in [2.75, 3.05) is 0 Å². The average molecular weight is 347 g/mol. The third kappa shape index (κ3) is 4.87. The van der Waals surface area contributed by atoms with Gasteiger partial charge in [0.2, 0.25) is 0 Å². The summed E-state index contributed by atoms with van der Waals surface area (Å²) < 4.78 is 0. The lowest BCUT2D eigenvalue weighted by atomic mass is 9.82. The first-order valence-corrected chi connectivity index (χ1v) is 10.5. The largest absolute Gasteiger partial charge is 0.0739 e. The molecule has 26 heavy (non-hydrogen) atoms. The summed E-state index contributed by atoms with van der Waals surface area (Å²) in [7, 11) is 0. The molecule has 1 aliphatic rings. The minimum atomic E-state index is 0.0474. The van der Waals surface area contributed by atoms with Crippen LogP contribution in [0.4, 0.5) is 0 Å². The van der Waals surface area contributed by atoms with Crippen molar-refractivity contribution in [1.29, 1.82) is 0 Å². The molecule has 2 aromatic rings.